The smallest absolute Gasteiger partial charge is 0.406 e. The topological polar surface area (TPSA) is 84.5 Å². The predicted octanol–water partition coefficient (Wildman–Crippen LogP) is 1.85. The Morgan fingerprint density at radius 2 is 1.82 bits per heavy atom. The molecule has 1 aromatic rings. The molecule has 1 aromatic carbocycles. The molecule has 6 nitrogen and oxygen atoms in total. The van der Waals surface area contributed by atoms with Crippen molar-refractivity contribution in [1.82, 2.24) is 4.72 Å². The van der Waals surface area contributed by atoms with Gasteiger partial charge in [0, 0.05) is 18.7 Å². The summed E-state index contributed by atoms with van der Waals surface area (Å²) in [6.45, 7) is 1.41. The van der Waals surface area contributed by atoms with Crippen LogP contribution < -0.4 is 14.8 Å². The number of ether oxygens (including phenoxy) is 1. The Morgan fingerprint density at radius 3 is 2.32 bits per heavy atom. The van der Waals surface area contributed by atoms with E-state index in [2.05, 4.69) is 14.8 Å². The maximum absolute atomic E-state index is 12.0. The van der Waals surface area contributed by atoms with Crippen LogP contribution >= 0.6 is 0 Å². The minimum Gasteiger partial charge on any atom is -0.406 e. The third-order valence-electron chi connectivity index (χ3n) is 2.43. The molecule has 0 spiro atoms. The summed E-state index contributed by atoms with van der Waals surface area (Å²) in [6, 6.07) is 4.61. The van der Waals surface area contributed by atoms with E-state index in [-0.39, 0.29) is 24.4 Å². The van der Waals surface area contributed by atoms with Crippen molar-refractivity contribution in [3.63, 3.8) is 0 Å². The average molecular weight is 340 g/mol. The fourth-order valence-corrected chi connectivity index (χ4v) is 2.00. The fraction of sp³-hybridized carbons (Fsp3) is 0.417. The molecule has 10 heteroatoms. The van der Waals surface area contributed by atoms with E-state index < -0.39 is 28.0 Å². The molecule has 0 fully saturated rings. The number of sulfonamides is 1. The quantitative estimate of drug-likeness (QED) is 0.793. The molecule has 0 saturated carbocycles. The number of nitrogens with one attached hydrogen (secondary N) is 2. The molecule has 0 saturated heterocycles. The van der Waals surface area contributed by atoms with Gasteiger partial charge in [-0.15, -0.1) is 13.2 Å². The molecule has 0 aromatic heterocycles. The largest absolute Gasteiger partial charge is 0.573 e. The van der Waals surface area contributed by atoms with Crippen LogP contribution in [0.2, 0.25) is 0 Å². The highest BCUT2D eigenvalue weighted by molar-refractivity contribution is 7.89. The van der Waals surface area contributed by atoms with Crippen LogP contribution in [0.15, 0.2) is 24.3 Å². The number of benzene rings is 1. The predicted molar refractivity (Wildman–Crippen MR) is 73.8 cm³/mol. The summed E-state index contributed by atoms with van der Waals surface area (Å²) in [6.07, 6.45) is -4.87. The van der Waals surface area contributed by atoms with E-state index in [0.717, 1.165) is 12.1 Å². The van der Waals surface area contributed by atoms with Crippen molar-refractivity contribution in [1.29, 1.82) is 0 Å². The van der Waals surface area contributed by atoms with Gasteiger partial charge in [0.2, 0.25) is 15.9 Å². The molecule has 0 aliphatic heterocycles. The molecule has 0 unspecified atom stereocenters. The molecule has 0 atom stereocenters. The van der Waals surface area contributed by atoms with E-state index in [4.69, 9.17) is 0 Å². The Kier molecular flexibility index (Phi) is 6.18. The normalized spacial score (nSPS) is 12.0. The first kappa shape index (κ1) is 18.2. The van der Waals surface area contributed by atoms with E-state index in [1.54, 1.807) is 0 Å². The van der Waals surface area contributed by atoms with Gasteiger partial charge in [-0.3, -0.25) is 4.79 Å². The van der Waals surface area contributed by atoms with Gasteiger partial charge in [0.25, 0.3) is 0 Å². The van der Waals surface area contributed by atoms with Crippen molar-refractivity contribution in [2.45, 2.75) is 19.7 Å². The van der Waals surface area contributed by atoms with E-state index in [1.165, 1.54) is 19.1 Å². The lowest BCUT2D eigenvalue weighted by Crippen LogP contribution is -2.28. The van der Waals surface area contributed by atoms with Gasteiger partial charge in [0.1, 0.15) is 5.75 Å². The summed E-state index contributed by atoms with van der Waals surface area (Å²) in [4.78, 5) is 11.5. The number of carbonyl (C=O) groups is 1. The highest BCUT2D eigenvalue weighted by Crippen LogP contribution is 2.23. The van der Waals surface area contributed by atoms with Gasteiger partial charge in [-0.2, -0.15) is 0 Å². The Morgan fingerprint density at radius 1 is 1.23 bits per heavy atom. The third-order valence-corrected chi connectivity index (χ3v) is 3.83. The number of alkyl halides is 3. The Balaban J connectivity index is 2.45. The van der Waals surface area contributed by atoms with Crippen LogP contribution in [-0.4, -0.2) is 33.0 Å². The van der Waals surface area contributed by atoms with Crippen LogP contribution in [0.5, 0.6) is 5.75 Å². The summed E-state index contributed by atoms with van der Waals surface area (Å²) in [7, 11) is -3.36. The van der Waals surface area contributed by atoms with Crippen molar-refractivity contribution in [2.75, 3.05) is 17.6 Å². The molecule has 0 aliphatic rings. The number of hydrogen-bond acceptors (Lipinski definition) is 4. The summed E-state index contributed by atoms with van der Waals surface area (Å²) in [5.74, 6) is -0.959. The standard InChI is InChI=1S/C12H15F3N2O4S/c1-2-22(19,20)16-8-7-11(18)17-9-3-5-10(6-4-9)21-12(13,14)15/h3-6,16H,2,7-8H2,1H3,(H,17,18). The summed E-state index contributed by atoms with van der Waals surface area (Å²) < 4.78 is 64.1. The first-order valence-corrected chi connectivity index (χ1v) is 7.89. The maximum Gasteiger partial charge on any atom is 0.573 e. The summed E-state index contributed by atoms with van der Waals surface area (Å²) in [5, 5.41) is 2.43. The minimum atomic E-state index is -4.78. The Hall–Kier alpha value is -1.81. The van der Waals surface area contributed by atoms with E-state index >= 15 is 0 Å². The molecule has 0 aliphatic carbocycles. The summed E-state index contributed by atoms with van der Waals surface area (Å²) in [5.41, 5.74) is 0.276. The lowest BCUT2D eigenvalue weighted by molar-refractivity contribution is -0.274. The van der Waals surface area contributed by atoms with Gasteiger partial charge in [-0.25, -0.2) is 13.1 Å². The summed E-state index contributed by atoms with van der Waals surface area (Å²) >= 11 is 0. The van der Waals surface area contributed by atoms with Gasteiger partial charge in [0.15, 0.2) is 0 Å². The first-order valence-electron chi connectivity index (χ1n) is 6.24. The van der Waals surface area contributed by atoms with Crippen LogP contribution in [0, 0.1) is 0 Å². The molecular formula is C12H15F3N2O4S. The molecular weight excluding hydrogens is 325 g/mol. The molecule has 1 rings (SSSR count). The average Bonchev–Trinajstić information content (AvgIpc) is 2.39. The highest BCUT2D eigenvalue weighted by Gasteiger charge is 2.30. The van der Waals surface area contributed by atoms with Gasteiger partial charge in [-0.05, 0) is 31.2 Å². The molecule has 0 bridgehead atoms. The second kappa shape index (κ2) is 7.45. The first-order chi connectivity index (χ1) is 10.1. The zero-order chi connectivity index (χ0) is 16.8. The second-order valence-electron chi connectivity index (χ2n) is 4.17. The van der Waals surface area contributed by atoms with Crippen LogP contribution in [0.3, 0.4) is 0 Å². The number of halogens is 3. The number of carbonyl (C=O) groups excluding carboxylic acids is 1. The lowest BCUT2D eigenvalue weighted by atomic mass is 10.3. The molecule has 2 N–H and O–H groups in total. The van der Waals surface area contributed by atoms with E-state index in [1.807, 2.05) is 0 Å². The van der Waals surface area contributed by atoms with Crippen molar-refractivity contribution >= 4 is 21.6 Å². The van der Waals surface area contributed by atoms with Crippen LogP contribution in [0.4, 0.5) is 18.9 Å². The van der Waals surface area contributed by atoms with Crippen LogP contribution in [-0.2, 0) is 14.8 Å². The van der Waals surface area contributed by atoms with Crippen molar-refractivity contribution in [2.24, 2.45) is 0 Å². The van der Waals surface area contributed by atoms with E-state index in [0.29, 0.717) is 0 Å². The van der Waals surface area contributed by atoms with Crippen molar-refractivity contribution < 1.29 is 31.1 Å². The van der Waals surface area contributed by atoms with Gasteiger partial charge in [0.05, 0.1) is 5.75 Å². The number of anilines is 1. The molecule has 22 heavy (non-hydrogen) atoms. The molecule has 0 heterocycles. The van der Waals surface area contributed by atoms with Gasteiger partial charge < -0.3 is 10.1 Å². The Bertz CT molecular complexity index is 600. The van der Waals surface area contributed by atoms with E-state index in [9.17, 15) is 26.4 Å². The lowest BCUT2D eigenvalue weighted by Gasteiger charge is -2.10. The zero-order valence-corrected chi connectivity index (χ0v) is 12.4. The second-order valence-corrected chi connectivity index (χ2v) is 6.26. The third kappa shape index (κ3) is 7.27. The van der Waals surface area contributed by atoms with Gasteiger partial charge >= 0.3 is 6.36 Å². The molecule has 1 amide bonds. The molecule has 0 radical (unpaired) electrons. The number of amides is 1. The Labute approximate surface area is 125 Å². The van der Waals surface area contributed by atoms with Crippen LogP contribution in [0.1, 0.15) is 13.3 Å². The van der Waals surface area contributed by atoms with Crippen molar-refractivity contribution in [3.05, 3.63) is 24.3 Å². The number of hydrogen-bond donors (Lipinski definition) is 2. The number of rotatable bonds is 7. The SMILES string of the molecule is CCS(=O)(=O)NCCC(=O)Nc1ccc(OC(F)(F)F)cc1. The maximum atomic E-state index is 12.0. The van der Waals surface area contributed by atoms with Crippen molar-refractivity contribution in [3.8, 4) is 5.75 Å². The van der Waals surface area contributed by atoms with Gasteiger partial charge in [-0.1, -0.05) is 0 Å². The minimum absolute atomic E-state index is 0.0583. The monoisotopic (exact) mass is 340 g/mol. The van der Waals surface area contributed by atoms with Crippen LogP contribution in [0.25, 0.3) is 0 Å². The highest BCUT2D eigenvalue weighted by atomic mass is 32.2. The fourth-order valence-electron chi connectivity index (χ4n) is 1.39. The molecule has 124 valence electrons. The zero-order valence-electron chi connectivity index (χ0n) is 11.6.